The van der Waals surface area contributed by atoms with Gasteiger partial charge in [0.25, 0.3) is 17.0 Å². The predicted octanol–water partition coefficient (Wildman–Crippen LogP) is 1.69. The highest BCUT2D eigenvalue weighted by Gasteiger charge is 2.11. The van der Waals surface area contributed by atoms with Crippen LogP contribution in [-0.2, 0) is 13.6 Å². The van der Waals surface area contributed by atoms with Gasteiger partial charge in [-0.25, -0.2) is 4.68 Å². The molecule has 0 saturated heterocycles. The normalized spacial score (nSPS) is 10.6. The van der Waals surface area contributed by atoms with E-state index in [1.807, 2.05) is 12.1 Å². The van der Waals surface area contributed by atoms with Crippen molar-refractivity contribution in [3.63, 3.8) is 0 Å². The van der Waals surface area contributed by atoms with Gasteiger partial charge in [0.05, 0.1) is 12.2 Å². The number of hydrogen-bond donors (Lipinski definition) is 1. The van der Waals surface area contributed by atoms with Gasteiger partial charge < -0.3 is 9.88 Å². The number of carbonyl (C=O) groups is 1. The Morgan fingerprint density at radius 3 is 2.59 bits per heavy atom. The Kier molecular flexibility index (Phi) is 5.52. The Hall–Kier alpha value is -3.19. The molecule has 0 atom stereocenters. The number of nitrogens with one attached hydrogen (secondary N) is 1. The molecule has 2 aromatic heterocycles. The lowest BCUT2D eigenvalue weighted by molar-refractivity contribution is 0.0949. The molecule has 0 aliphatic rings. The highest BCUT2D eigenvalue weighted by Crippen LogP contribution is 2.18. The summed E-state index contributed by atoms with van der Waals surface area (Å²) in [4.78, 5) is 36.1. The summed E-state index contributed by atoms with van der Waals surface area (Å²) in [5, 5.41) is 7.57. The van der Waals surface area contributed by atoms with Gasteiger partial charge in [-0.15, -0.1) is 0 Å². The number of aromatic nitrogens is 3. The molecule has 8 heteroatoms. The Labute approximate surface area is 159 Å². The van der Waals surface area contributed by atoms with Crippen molar-refractivity contribution in [2.24, 2.45) is 7.05 Å². The van der Waals surface area contributed by atoms with Gasteiger partial charge >= 0.3 is 0 Å². The summed E-state index contributed by atoms with van der Waals surface area (Å²) < 4.78 is 2.60. The van der Waals surface area contributed by atoms with Crippen LogP contribution in [0.25, 0.3) is 11.3 Å². The SMILES string of the molecule is Cn1cccc(C(=O)NCCn2nc(-c3ccc(Cl)cc3)ccc2=O)c1=O. The molecule has 0 saturated carbocycles. The van der Waals surface area contributed by atoms with Gasteiger partial charge in [-0.1, -0.05) is 23.7 Å². The molecule has 0 aliphatic heterocycles. The fraction of sp³-hybridized carbons (Fsp3) is 0.158. The van der Waals surface area contributed by atoms with Gasteiger partial charge in [0.15, 0.2) is 0 Å². The quantitative estimate of drug-likeness (QED) is 0.725. The molecular formula is C19H17ClN4O3. The Morgan fingerprint density at radius 1 is 1.11 bits per heavy atom. The lowest BCUT2D eigenvalue weighted by Crippen LogP contribution is -2.35. The largest absolute Gasteiger partial charge is 0.350 e. The summed E-state index contributed by atoms with van der Waals surface area (Å²) in [6.07, 6.45) is 1.57. The van der Waals surface area contributed by atoms with E-state index in [9.17, 15) is 14.4 Å². The van der Waals surface area contributed by atoms with E-state index in [0.717, 1.165) is 5.56 Å². The van der Waals surface area contributed by atoms with Crippen molar-refractivity contribution in [1.29, 1.82) is 0 Å². The number of nitrogens with zero attached hydrogens (tertiary/aromatic N) is 3. The van der Waals surface area contributed by atoms with Crippen LogP contribution in [0.1, 0.15) is 10.4 Å². The second-order valence-electron chi connectivity index (χ2n) is 5.88. The predicted molar refractivity (Wildman–Crippen MR) is 103 cm³/mol. The van der Waals surface area contributed by atoms with Crippen molar-refractivity contribution in [3.05, 3.63) is 86.0 Å². The van der Waals surface area contributed by atoms with Crippen molar-refractivity contribution >= 4 is 17.5 Å². The Balaban J connectivity index is 1.71. The Morgan fingerprint density at radius 2 is 1.85 bits per heavy atom. The first kappa shape index (κ1) is 18.6. The molecule has 0 fully saturated rings. The topological polar surface area (TPSA) is 86.0 Å². The number of carbonyl (C=O) groups excluding carboxylic acids is 1. The molecule has 1 N–H and O–H groups in total. The first-order chi connectivity index (χ1) is 13.0. The van der Waals surface area contributed by atoms with Gasteiger partial charge in [0, 0.05) is 36.4 Å². The molecule has 0 bridgehead atoms. The summed E-state index contributed by atoms with van der Waals surface area (Å²) in [7, 11) is 1.57. The minimum absolute atomic E-state index is 0.0511. The van der Waals surface area contributed by atoms with Crippen molar-refractivity contribution in [2.75, 3.05) is 6.54 Å². The van der Waals surface area contributed by atoms with Crippen LogP contribution in [0, 0.1) is 0 Å². The molecule has 27 heavy (non-hydrogen) atoms. The number of halogens is 1. The summed E-state index contributed by atoms with van der Waals surface area (Å²) in [5.74, 6) is -0.488. The molecule has 3 aromatic rings. The lowest BCUT2D eigenvalue weighted by Gasteiger charge is -2.09. The first-order valence-corrected chi connectivity index (χ1v) is 8.61. The number of amides is 1. The van der Waals surface area contributed by atoms with Crippen LogP contribution in [0.5, 0.6) is 0 Å². The van der Waals surface area contributed by atoms with Gasteiger partial charge in [0.2, 0.25) is 0 Å². The van der Waals surface area contributed by atoms with E-state index in [0.29, 0.717) is 10.7 Å². The number of aryl methyl sites for hydroxylation is 1. The van der Waals surface area contributed by atoms with Crippen molar-refractivity contribution < 1.29 is 4.79 Å². The summed E-state index contributed by atoms with van der Waals surface area (Å²) >= 11 is 5.89. The first-order valence-electron chi connectivity index (χ1n) is 8.23. The second-order valence-corrected chi connectivity index (χ2v) is 6.32. The fourth-order valence-corrected chi connectivity index (χ4v) is 2.65. The third-order valence-corrected chi connectivity index (χ3v) is 4.24. The summed E-state index contributed by atoms with van der Waals surface area (Å²) in [5.41, 5.74) is 0.835. The highest BCUT2D eigenvalue weighted by molar-refractivity contribution is 6.30. The van der Waals surface area contributed by atoms with E-state index in [1.165, 1.54) is 21.4 Å². The monoisotopic (exact) mass is 384 g/mol. The zero-order valence-electron chi connectivity index (χ0n) is 14.6. The van der Waals surface area contributed by atoms with E-state index in [-0.39, 0.29) is 29.8 Å². The minimum Gasteiger partial charge on any atom is -0.350 e. The highest BCUT2D eigenvalue weighted by atomic mass is 35.5. The van der Waals surface area contributed by atoms with E-state index >= 15 is 0 Å². The van der Waals surface area contributed by atoms with Crippen molar-refractivity contribution in [3.8, 4) is 11.3 Å². The van der Waals surface area contributed by atoms with Crippen LogP contribution in [0.3, 0.4) is 0 Å². The molecule has 7 nitrogen and oxygen atoms in total. The molecule has 0 aliphatic carbocycles. The zero-order chi connectivity index (χ0) is 19.4. The molecule has 3 rings (SSSR count). The summed E-state index contributed by atoms with van der Waals surface area (Å²) in [6, 6.07) is 13.3. The van der Waals surface area contributed by atoms with Crippen LogP contribution in [0.2, 0.25) is 5.02 Å². The molecule has 138 valence electrons. The third-order valence-electron chi connectivity index (χ3n) is 3.98. The van der Waals surface area contributed by atoms with Crippen LogP contribution in [0.15, 0.2) is 64.3 Å². The van der Waals surface area contributed by atoms with Gasteiger partial charge in [-0.2, -0.15) is 5.10 Å². The standard InChI is InChI=1S/C19H17ClN4O3/c1-23-11-2-3-15(19(23)27)18(26)21-10-12-24-17(25)9-8-16(22-24)13-4-6-14(20)7-5-13/h2-9,11H,10,12H2,1H3,(H,21,26). The maximum Gasteiger partial charge on any atom is 0.266 e. The van der Waals surface area contributed by atoms with E-state index < -0.39 is 5.91 Å². The van der Waals surface area contributed by atoms with E-state index in [1.54, 1.807) is 37.5 Å². The lowest BCUT2D eigenvalue weighted by atomic mass is 10.1. The Bertz CT molecular complexity index is 1090. The fourth-order valence-electron chi connectivity index (χ4n) is 2.52. The molecule has 2 heterocycles. The second kappa shape index (κ2) is 8.01. The van der Waals surface area contributed by atoms with Gasteiger partial charge in [-0.05, 0) is 30.3 Å². The average molecular weight is 385 g/mol. The van der Waals surface area contributed by atoms with Gasteiger partial charge in [0.1, 0.15) is 5.56 Å². The van der Waals surface area contributed by atoms with Crippen LogP contribution >= 0.6 is 11.6 Å². The van der Waals surface area contributed by atoms with Crippen LogP contribution in [-0.4, -0.2) is 26.8 Å². The number of pyridine rings is 1. The van der Waals surface area contributed by atoms with Crippen molar-refractivity contribution in [2.45, 2.75) is 6.54 Å². The minimum atomic E-state index is -0.488. The smallest absolute Gasteiger partial charge is 0.266 e. The molecule has 0 unspecified atom stereocenters. The number of hydrogen-bond acceptors (Lipinski definition) is 4. The maximum absolute atomic E-state index is 12.2. The van der Waals surface area contributed by atoms with Gasteiger partial charge in [-0.3, -0.25) is 14.4 Å². The third kappa shape index (κ3) is 4.32. The van der Waals surface area contributed by atoms with E-state index in [2.05, 4.69) is 10.4 Å². The average Bonchev–Trinajstić information content (AvgIpc) is 2.66. The molecule has 0 radical (unpaired) electrons. The molecule has 1 aromatic carbocycles. The van der Waals surface area contributed by atoms with E-state index in [4.69, 9.17) is 11.6 Å². The maximum atomic E-state index is 12.2. The number of rotatable bonds is 5. The number of benzene rings is 1. The van der Waals surface area contributed by atoms with Crippen LogP contribution < -0.4 is 16.4 Å². The molecular weight excluding hydrogens is 368 g/mol. The van der Waals surface area contributed by atoms with Crippen LogP contribution in [0.4, 0.5) is 0 Å². The van der Waals surface area contributed by atoms with Crippen molar-refractivity contribution in [1.82, 2.24) is 19.7 Å². The summed E-state index contributed by atoms with van der Waals surface area (Å²) in [6.45, 7) is 0.340. The zero-order valence-corrected chi connectivity index (χ0v) is 15.3. The molecule has 0 spiro atoms. The molecule has 1 amide bonds.